The molecule has 0 radical (unpaired) electrons. The summed E-state index contributed by atoms with van der Waals surface area (Å²) in [5, 5.41) is 9.34. The average Bonchev–Trinajstić information content (AvgIpc) is 3.23. The van der Waals surface area contributed by atoms with Gasteiger partial charge in [0.1, 0.15) is 18.0 Å². The quantitative estimate of drug-likeness (QED) is 0.622. The van der Waals surface area contributed by atoms with Gasteiger partial charge in [0.25, 0.3) is 11.5 Å². The van der Waals surface area contributed by atoms with E-state index in [0.717, 1.165) is 4.68 Å². The van der Waals surface area contributed by atoms with Crippen LogP contribution in [0, 0.1) is 0 Å². The zero-order valence-electron chi connectivity index (χ0n) is 16.5. The fourth-order valence-corrected chi connectivity index (χ4v) is 2.86. The van der Waals surface area contributed by atoms with Crippen LogP contribution in [0.5, 0.6) is 17.2 Å². The molecule has 3 aromatic rings. The number of rotatable bonds is 6. The molecule has 1 aromatic heterocycles. The first-order valence-electron chi connectivity index (χ1n) is 9.25. The van der Waals surface area contributed by atoms with Crippen molar-refractivity contribution in [2.75, 3.05) is 24.5 Å². The van der Waals surface area contributed by atoms with Crippen molar-refractivity contribution in [3.05, 3.63) is 70.6 Å². The molecule has 1 aliphatic heterocycles. The molecule has 10 nitrogen and oxygen atoms in total. The van der Waals surface area contributed by atoms with E-state index in [0.29, 0.717) is 28.6 Å². The van der Waals surface area contributed by atoms with Crippen LogP contribution >= 0.6 is 0 Å². The number of hydrogen-bond acceptors (Lipinski definition) is 7. The Morgan fingerprint density at radius 1 is 1.00 bits per heavy atom. The predicted octanol–water partition coefficient (Wildman–Crippen LogP) is 1.87. The largest absolute Gasteiger partial charge is 0.497 e. The summed E-state index contributed by atoms with van der Waals surface area (Å²) >= 11 is 0. The van der Waals surface area contributed by atoms with Crippen molar-refractivity contribution < 1.29 is 23.8 Å². The predicted molar refractivity (Wildman–Crippen MR) is 111 cm³/mol. The first-order chi connectivity index (χ1) is 15.0. The van der Waals surface area contributed by atoms with Gasteiger partial charge in [0.2, 0.25) is 12.7 Å². The minimum absolute atomic E-state index is 0.00806. The lowest BCUT2D eigenvalue weighted by atomic mass is 10.2. The first-order valence-corrected chi connectivity index (χ1v) is 9.25. The summed E-state index contributed by atoms with van der Waals surface area (Å²) in [6.07, 6.45) is 0. The van der Waals surface area contributed by atoms with Gasteiger partial charge in [-0.2, -0.15) is 5.10 Å². The Balaban J connectivity index is 1.43. The molecule has 158 valence electrons. The third-order valence-corrected chi connectivity index (χ3v) is 4.40. The molecule has 2 N–H and O–H groups in total. The maximum atomic E-state index is 12.5. The van der Waals surface area contributed by atoms with Crippen molar-refractivity contribution in [2.24, 2.45) is 0 Å². The fourth-order valence-electron chi connectivity index (χ4n) is 2.86. The van der Waals surface area contributed by atoms with Gasteiger partial charge < -0.3 is 24.8 Å². The number of hydrogen-bond donors (Lipinski definition) is 2. The van der Waals surface area contributed by atoms with E-state index in [1.54, 1.807) is 49.6 Å². The first kappa shape index (κ1) is 20.0. The topological polar surface area (TPSA) is 121 Å². The number of ether oxygens (including phenoxy) is 3. The van der Waals surface area contributed by atoms with E-state index in [1.807, 2.05) is 0 Å². The Hall–Kier alpha value is -4.34. The van der Waals surface area contributed by atoms with Crippen molar-refractivity contribution in [3.8, 4) is 17.2 Å². The van der Waals surface area contributed by atoms with Crippen LogP contribution in [0.15, 0.2) is 59.4 Å². The summed E-state index contributed by atoms with van der Waals surface area (Å²) in [7, 11) is 1.55. The number of anilines is 2. The Kier molecular flexibility index (Phi) is 5.52. The molecule has 0 saturated heterocycles. The summed E-state index contributed by atoms with van der Waals surface area (Å²) in [6, 6.07) is 14.2. The molecule has 0 atom stereocenters. The molecule has 2 heterocycles. The molecule has 2 aromatic carbocycles. The molecule has 0 spiro atoms. The molecule has 2 amide bonds. The molecule has 0 unspecified atom stereocenters. The molecule has 1 aliphatic rings. The Bertz CT molecular complexity index is 1190. The van der Waals surface area contributed by atoms with Crippen LogP contribution in [0.1, 0.15) is 10.5 Å². The Morgan fingerprint density at radius 2 is 1.74 bits per heavy atom. The second kappa shape index (κ2) is 8.57. The minimum Gasteiger partial charge on any atom is -0.497 e. The number of amides is 2. The second-order valence-corrected chi connectivity index (χ2v) is 6.51. The maximum absolute atomic E-state index is 12.5. The fraction of sp³-hybridized carbons (Fsp3) is 0.143. The molecule has 31 heavy (non-hydrogen) atoms. The zero-order valence-corrected chi connectivity index (χ0v) is 16.5. The highest BCUT2D eigenvalue weighted by atomic mass is 16.7. The van der Waals surface area contributed by atoms with Crippen molar-refractivity contribution in [3.63, 3.8) is 0 Å². The summed E-state index contributed by atoms with van der Waals surface area (Å²) < 4.78 is 16.5. The third kappa shape index (κ3) is 4.64. The van der Waals surface area contributed by atoms with Crippen LogP contribution in [0.4, 0.5) is 11.4 Å². The van der Waals surface area contributed by atoms with E-state index in [1.165, 1.54) is 12.1 Å². The number of fused-ring (bicyclic) bond motifs is 1. The molecule has 0 saturated carbocycles. The number of nitrogens with zero attached hydrogens (tertiary/aromatic N) is 2. The van der Waals surface area contributed by atoms with E-state index in [9.17, 15) is 14.4 Å². The molecule has 4 rings (SSSR count). The summed E-state index contributed by atoms with van der Waals surface area (Å²) in [5.41, 5.74) is 0.495. The Labute approximate surface area is 176 Å². The van der Waals surface area contributed by atoms with Gasteiger partial charge in [-0.25, -0.2) is 4.68 Å². The zero-order chi connectivity index (χ0) is 21.8. The van der Waals surface area contributed by atoms with Gasteiger partial charge >= 0.3 is 0 Å². The van der Waals surface area contributed by atoms with Crippen molar-refractivity contribution in [2.45, 2.75) is 6.54 Å². The molecular formula is C21H18N4O6. The summed E-state index contributed by atoms with van der Waals surface area (Å²) in [4.78, 5) is 36.9. The third-order valence-electron chi connectivity index (χ3n) is 4.40. The standard InChI is InChI=1S/C21H18N4O6/c1-29-15-5-2-13(3-6-15)23-21(28)16-7-9-20(27)25(24-16)11-19(26)22-14-4-8-17-18(10-14)31-12-30-17/h2-10H,11-12H2,1H3,(H,22,26)(H,23,28). The lowest BCUT2D eigenvalue weighted by molar-refractivity contribution is -0.117. The van der Waals surface area contributed by atoms with Gasteiger partial charge in [-0.1, -0.05) is 0 Å². The van der Waals surface area contributed by atoms with E-state index >= 15 is 0 Å². The smallest absolute Gasteiger partial charge is 0.276 e. The van der Waals surface area contributed by atoms with Crippen molar-refractivity contribution in [1.29, 1.82) is 0 Å². The Morgan fingerprint density at radius 3 is 2.52 bits per heavy atom. The molecule has 0 fully saturated rings. The number of methoxy groups -OCH3 is 1. The van der Waals surface area contributed by atoms with E-state index in [4.69, 9.17) is 14.2 Å². The van der Waals surface area contributed by atoms with Gasteiger partial charge in [0.05, 0.1) is 7.11 Å². The molecule has 0 aliphatic carbocycles. The lowest BCUT2D eigenvalue weighted by Crippen LogP contribution is -2.31. The monoisotopic (exact) mass is 422 g/mol. The van der Waals surface area contributed by atoms with Crippen LogP contribution in [0.3, 0.4) is 0 Å². The lowest BCUT2D eigenvalue weighted by Gasteiger charge is -2.09. The highest BCUT2D eigenvalue weighted by Crippen LogP contribution is 2.34. The van der Waals surface area contributed by atoms with Crippen LogP contribution < -0.4 is 30.4 Å². The molecule has 0 bridgehead atoms. The van der Waals surface area contributed by atoms with Crippen LogP contribution in [0.2, 0.25) is 0 Å². The van der Waals surface area contributed by atoms with Crippen LogP contribution in [0.25, 0.3) is 0 Å². The summed E-state index contributed by atoms with van der Waals surface area (Å²) in [5.74, 6) is 0.756. The van der Waals surface area contributed by atoms with E-state index in [-0.39, 0.29) is 19.0 Å². The molecule has 10 heteroatoms. The number of aromatic nitrogens is 2. The van der Waals surface area contributed by atoms with Gasteiger partial charge in [0.15, 0.2) is 11.5 Å². The SMILES string of the molecule is COc1ccc(NC(=O)c2ccc(=O)n(CC(=O)Nc3ccc4c(c3)OCO4)n2)cc1. The number of benzene rings is 2. The normalized spacial score (nSPS) is 11.6. The van der Waals surface area contributed by atoms with Crippen molar-refractivity contribution in [1.82, 2.24) is 9.78 Å². The van der Waals surface area contributed by atoms with Gasteiger partial charge in [0, 0.05) is 23.5 Å². The highest BCUT2D eigenvalue weighted by molar-refractivity contribution is 6.02. The van der Waals surface area contributed by atoms with Gasteiger partial charge in [-0.3, -0.25) is 14.4 Å². The highest BCUT2D eigenvalue weighted by Gasteiger charge is 2.16. The van der Waals surface area contributed by atoms with E-state index < -0.39 is 17.4 Å². The maximum Gasteiger partial charge on any atom is 0.276 e. The minimum atomic E-state index is -0.518. The van der Waals surface area contributed by atoms with Gasteiger partial charge in [-0.05, 0) is 42.5 Å². The van der Waals surface area contributed by atoms with E-state index in [2.05, 4.69) is 15.7 Å². The average molecular weight is 422 g/mol. The second-order valence-electron chi connectivity index (χ2n) is 6.51. The van der Waals surface area contributed by atoms with Crippen molar-refractivity contribution >= 4 is 23.2 Å². The summed E-state index contributed by atoms with van der Waals surface area (Å²) in [6.45, 7) is -0.242. The number of carbonyl (C=O) groups is 2. The number of nitrogens with one attached hydrogen (secondary N) is 2. The van der Waals surface area contributed by atoms with Gasteiger partial charge in [-0.15, -0.1) is 0 Å². The molecular weight excluding hydrogens is 404 g/mol. The van der Waals surface area contributed by atoms with Crippen LogP contribution in [-0.2, 0) is 11.3 Å². The number of carbonyl (C=O) groups excluding carboxylic acids is 2. The van der Waals surface area contributed by atoms with Crippen LogP contribution in [-0.4, -0.2) is 35.5 Å².